The van der Waals surface area contributed by atoms with Crippen molar-refractivity contribution in [3.63, 3.8) is 0 Å². The van der Waals surface area contributed by atoms with Crippen LogP contribution in [-0.4, -0.2) is 6.67 Å². The predicted octanol–water partition coefficient (Wildman–Crippen LogP) is 2.76. The average molecular weight is 167 g/mol. The van der Waals surface area contributed by atoms with E-state index in [9.17, 15) is 8.78 Å². The first kappa shape index (κ1) is 8.66. The Labute approximate surface area is 69.5 Å². The molecule has 1 rings (SSSR count). The molecule has 0 saturated heterocycles. The number of alkyl halides is 1. The van der Waals surface area contributed by atoms with Crippen LogP contribution in [0.2, 0.25) is 0 Å². The minimum absolute atomic E-state index is 0.134. The van der Waals surface area contributed by atoms with E-state index in [4.69, 9.17) is 6.57 Å². The molecule has 0 aromatic heterocycles. The standard InChI is InChI=1S/C9H7F2N/c1-12-9(6-10)7-4-2-3-5-8(7)11/h2-5,9H,6H2. The quantitative estimate of drug-likeness (QED) is 0.596. The summed E-state index contributed by atoms with van der Waals surface area (Å²) in [5, 5.41) is 0. The molecular formula is C9H7F2N. The van der Waals surface area contributed by atoms with E-state index in [0.717, 1.165) is 0 Å². The molecule has 0 heterocycles. The summed E-state index contributed by atoms with van der Waals surface area (Å²) in [7, 11) is 0. The fraction of sp³-hybridized carbons (Fsp3) is 0.222. The normalized spacial score (nSPS) is 12.1. The molecule has 12 heavy (non-hydrogen) atoms. The van der Waals surface area contributed by atoms with Crippen LogP contribution in [0.25, 0.3) is 4.85 Å². The van der Waals surface area contributed by atoms with Crippen molar-refractivity contribution >= 4 is 0 Å². The van der Waals surface area contributed by atoms with Crippen molar-refractivity contribution in [3.8, 4) is 0 Å². The zero-order valence-corrected chi connectivity index (χ0v) is 6.30. The van der Waals surface area contributed by atoms with Crippen molar-refractivity contribution in [2.75, 3.05) is 6.67 Å². The molecule has 0 saturated carbocycles. The third-order valence-electron chi connectivity index (χ3n) is 1.57. The van der Waals surface area contributed by atoms with E-state index in [0.29, 0.717) is 0 Å². The highest BCUT2D eigenvalue weighted by Crippen LogP contribution is 2.20. The number of rotatable bonds is 2. The lowest BCUT2D eigenvalue weighted by Crippen LogP contribution is -1.98. The molecule has 62 valence electrons. The SMILES string of the molecule is [C-]#[N+]C(CF)c1ccccc1F. The minimum Gasteiger partial charge on any atom is -0.305 e. The van der Waals surface area contributed by atoms with Crippen LogP contribution < -0.4 is 0 Å². The van der Waals surface area contributed by atoms with Crippen LogP contribution in [0.15, 0.2) is 24.3 Å². The van der Waals surface area contributed by atoms with Gasteiger partial charge >= 0.3 is 0 Å². The highest BCUT2D eigenvalue weighted by atomic mass is 19.1. The molecule has 3 heteroatoms. The highest BCUT2D eigenvalue weighted by molar-refractivity contribution is 5.23. The molecule has 0 fully saturated rings. The summed E-state index contributed by atoms with van der Waals surface area (Å²) < 4.78 is 25.0. The molecule has 1 aromatic carbocycles. The van der Waals surface area contributed by atoms with Gasteiger partial charge in [0.2, 0.25) is 0 Å². The summed E-state index contributed by atoms with van der Waals surface area (Å²) in [6.07, 6.45) is 0. The molecular weight excluding hydrogens is 160 g/mol. The molecule has 1 unspecified atom stereocenters. The van der Waals surface area contributed by atoms with Crippen molar-refractivity contribution in [3.05, 3.63) is 47.1 Å². The van der Waals surface area contributed by atoms with Crippen LogP contribution in [0.5, 0.6) is 0 Å². The number of benzene rings is 1. The highest BCUT2D eigenvalue weighted by Gasteiger charge is 2.18. The Balaban J connectivity index is 3.02. The maximum Gasteiger partial charge on any atom is 0.279 e. The Hall–Kier alpha value is -1.43. The fourth-order valence-corrected chi connectivity index (χ4v) is 0.933. The summed E-state index contributed by atoms with van der Waals surface area (Å²) in [5.41, 5.74) is 0.134. The molecule has 0 aliphatic carbocycles. The first-order valence-corrected chi connectivity index (χ1v) is 3.46. The Morgan fingerprint density at radius 3 is 2.58 bits per heavy atom. The van der Waals surface area contributed by atoms with E-state index in [1.165, 1.54) is 18.2 Å². The van der Waals surface area contributed by atoms with Gasteiger partial charge in [0, 0.05) is 0 Å². The van der Waals surface area contributed by atoms with Gasteiger partial charge < -0.3 is 4.85 Å². The molecule has 0 aliphatic heterocycles. The smallest absolute Gasteiger partial charge is 0.279 e. The molecule has 0 aliphatic rings. The minimum atomic E-state index is -0.994. The molecule has 1 aromatic rings. The van der Waals surface area contributed by atoms with Crippen LogP contribution in [0.1, 0.15) is 11.6 Å². The van der Waals surface area contributed by atoms with Crippen molar-refractivity contribution < 1.29 is 8.78 Å². The van der Waals surface area contributed by atoms with E-state index >= 15 is 0 Å². The first-order chi connectivity index (χ1) is 5.79. The van der Waals surface area contributed by atoms with Gasteiger partial charge in [-0.05, 0) is 12.1 Å². The Morgan fingerprint density at radius 1 is 1.42 bits per heavy atom. The monoisotopic (exact) mass is 167 g/mol. The van der Waals surface area contributed by atoms with E-state index < -0.39 is 18.5 Å². The molecule has 1 nitrogen and oxygen atoms in total. The van der Waals surface area contributed by atoms with Crippen LogP contribution >= 0.6 is 0 Å². The summed E-state index contributed by atoms with van der Waals surface area (Å²) in [6, 6.07) is 4.76. The zero-order chi connectivity index (χ0) is 8.97. The maximum atomic E-state index is 12.9. The first-order valence-electron chi connectivity index (χ1n) is 3.46. The van der Waals surface area contributed by atoms with Crippen molar-refractivity contribution in [2.45, 2.75) is 6.04 Å². The number of hydrogen-bond acceptors (Lipinski definition) is 0. The Kier molecular flexibility index (Phi) is 2.76. The molecule has 0 spiro atoms. The number of nitrogens with zero attached hydrogens (tertiary/aromatic N) is 1. The van der Waals surface area contributed by atoms with Crippen molar-refractivity contribution in [1.29, 1.82) is 0 Å². The summed E-state index contributed by atoms with van der Waals surface area (Å²) in [5.74, 6) is -0.517. The second kappa shape index (κ2) is 3.82. The second-order valence-corrected chi connectivity index (χ2v) is 2.32. The molecule has 0 N–H and O–H groups in total. The predicted molar refractivity (Wildman–Crippen MR) is 41.7 cm³/mol. The average Bonchev–Trinajstić information content (AvgIpc) is 2.10. The lowest BCUT2D eigenvalue weighted by molar-refractivity contribution is 0.455. The summed E-state index contributed by atoms with van der Waals surface area (Å²) >= 11 is 0. The van der Waals surface area contributed by atoms with Gasteiger partial charge in [-0.2, -0.15) is 0 Å². The molecule has 0 amide bonds. The van der Waals surface area contributed by atoms with Gasteiger partial charge in [0.05, 0.1) is 5.56 Å². The van der Waals surface area contributed by atoms with Crippen LogP contribution in [0.4, 0.5) is 8.78 Å². The number of hydrogen-bond donors (Lipinski definition) is 0. The zero-order valence-electron chi connectivity index (χ0n) is 6.30. The summed E-state index contributed by atoms with van der Waals surface area (Å²) in [6.45, 7) is 5.77. The fourth-order valence-electron chi connectivity index (χ4n) is 0.933. The van der Waals surface area contributed by atoms with Gasteiger partial charge in [-0.1, -0.05) is 12.1 Å². The number of halogens is 2. The van der Waals surface area contributed by atoms with E-state index in [2.05, 4.69) is 4.85 Å². The lowest BCUT2D eigenvalue weighted by atomic mass is 10.1. The molecule has 0 bridgehead atoms. The van der Waals surface area contributed by atoms with Crippen molar-refractivity contribution in [2.24, 2.45) is 0 Å². The Bertz CT molecular complexity index is 304. The third-order valence-corrected chi connectivity index (χ3v) is 1.57. The lowest BCUT2D eigenvalue weighted by Gasteiger charge is -2.01. The van der Waals surface area contributed by atoms with Crippen molar-refractivity contribution in [1.82, 2.24) is 0 Å². The Morgan fingerprint density at radius 2 is 2.08 bits per heavy atom. The van der Waals surface area contributed by atoms with E-state index in [1.54, 1.807) is 6.07 Å². The van der Waals surface area contributed by atoms with Gasteiger partial charge in [0.25, 0.3) is 6.04 Å². The summed E-state index contributed by atoms with van der Waals surface area (Å²) in [4.78, 5) is 2.97. The van der Waals surface area contributed by atoms with E-state index in [1.807, 2.05) is 0 Å². The second-order valence-electron chi connectivity index (χ2n) is 2.32. The van der Waals surface area contributed by atoms with Gasteiger partial charge in [-0.25, -0.2) is 15.4 Å². The van der Waals surface area contributed by atoms with Crippen LogP contribution in [-0.2, 0) is 0 Å². The van der Waals surface area contributed by atoms with Gasteiger partial charge in [0.1, 0.15) is 5.82 Å². The van der Waals surface area contributed by atoms with Crippen LogP contribution in [0.3, 0.4) is 0 Å². The van der Waals surface area contributed by atoms with Gasteiger partial charge in [0.15, 0.2) is 6.67 Å². The van der Waals surface area contributed by atoms with Gasteiger partial charge in [-0.15, -0.1) is 0 Å². The molecule has 1 atom stereocenters. The topological polar surface area (TPSA) is 4.36 Å². The largest absolute Gasteiger partial charge is 0.305 e. The molecule has 0 radical (unpaired) electrons. The van der Waals surface area contributed by atoms with E-state index in [-0.39, 0.29) is 5.56 Å². The van der Waals surface area contributed by atoms with Gasteiger partial charge in [-0.3, -0.25) is 0 Å². The third kappa shape index (κ3) is 1.59. The van der Waals surface area contributed by atoms with Crippen LogP contribution in [0, 0.1) is 12.4 Å². The maximum absolute atomic E-state index is 12.9.